The van der Waals surface area contributed by atoms with Crippen LogP contribution in [0.15, 0.2) is 71.6 Å². The van der Waals surface area contributed by atoms with Gasteiger partial charge in [0.2, 0.25) is 11.8 Å². The molecule has 0 unspecified atom stereocenters. The van der Waals surface area contributed by atoms with Crippen LogP contribution in [0.1, 0.15) is 56.6 Å². The summed E-state index contributed by atoms with van der Waals surface area (Å²) < 4.78 is 42.7. The smallest absolute Gasteiger partial charge is 0.264 e. The van der Waals surface area contributed by atoms with Crippen molar-refractivity contribution in [3.8, 4) is 0 Å². The quantitative estimate of drug-likeness (QED) is 0.245. The molecular formula is C32H36Cl2FN3O4S. The molecule has 3 aromatic carbocycles. The van der Waals surface area contributed by atoms with Gasteiger partial charge in [-0.05, 0) is 74.2 Å². The summed E-state index contributed by atoms with van der Waals surface area (Å²) in [6, 6.07) is 15.4. The molecular weight excluding hydrogens is 612 g/mol. The monoisotopic (exact) mass is 647 g/mol. The molecule has 3 aromatic rings. The van der Waals surface area contributed by atoms with E-state index in [4.69, 9.17) is 23.2 Å². The van der Waals surface area contributed by atoms with Crippen molar-refractivity contribution in [3.05, 3.63) is 93.7 Å². The van der Waals surface area contributed by atoms with Gasteiger partial charge in [-0.15, -0.1) is 0 Å². The van der Waals surface area contributed by atoms with Crippen molar-refractivity contribution in [1.29, 1.82) is 0 Å². The highest BCUT2D eigenvalue weighted by Gasteiger charge is 2.35. The van der Waals surface area contributed by atoms with E-state index in [0.717, 1.165) is 42.0 Å². The molecule has 1 aliphatic rings. The number of carbonyl (C=O) groups excluding carboxylic acids is 2. The standard InChI is InChI=1S/C32H36Cl2FN3O4S/c1-3-29(32(40)36-26-7-5-4-6-8-26)37(20-23-11-14-25(35)15-12-23)31(39)21-38(30-19-24(33)13-18-28(30)34)43(41,42)27-16-9-22(2)10-17-27/h9-19,26,29H,3-8,20-21H2,1-2H3,(H,36,40)/t29-/m0/s1. The van der Waals surface area contributed by atoms with Crippen LogP contribution in [-0.2, 0) is 26.2 Å². The van der Waals surface area contributed by atoms with Crippen LogP contribution in [0.2, 0.25) is 10.0 Å². The molecule has 0 heterocycles. The van der Waals surface area contributed by atoms with Gasteiger partial charge in [-0.3, -0.25) is 13.9 Å². The third-order valence-corrected chi connectivity index (χ3v) is 10.00. The Labute approximate surface area is 263 Å². The number of hydrogen-bond donors (Lipinski definition) is 1. The molecule has 4 rings (SSSR count). The Morgan fingerprint density at radius 1 is 0.977 bits per heavy atom. The molecule has 2 amide bonds. The summed E-state index contributed by atoms with van der Waals surface area (Å²) >= 11 is 12.7. The first-order valence-electron chi connectivity index (χ1n) is 14.4. The maximum absolute atomic E-state index is 14.2. The zero-order valence-electron chi connectivity index (χ0n) is 24.2. The minimum absolute atomic E-state index is 0.0155. The van der Waals surface area contributed by atoms with Crippen molar-refractivity contribution < 1.29 is 22.4 Å². The number of halogens is 3. The summed E-state index contributed by atoms with van der Waals surface area (Å²) in [5.74, 6) is -1.37. The first-order chi connectivity index (χ1) is 20.5. The molecule has 0 saturated heterocycles. The van der Waals surface area contributed by atoms with Crippen LogP contribution < -0.4 is 9.62 Å². The highest BCUT2D eigenvalue weighted by atomic mass is 35.5. The second-order valence-corrected chi connectivity index (χ2v) is 13.5. The maximum atomic E-state index is 14.2. The number of anilines is 1. The van der Waals surface area contributed by atoms with Crippen molar-refractivity contribution >= 4 is 50.7 Å². The van der Waals surface area contributed by atoms with Gasteiger partial charge in [0.15, 0.2) is 0 Å². The molecule has 43 heavy (non-hydrogen) atoms. The van der Waals surface area contributed by atoms with E-state index in [9.17, 15) is 22.4 Å². The predicted molar refractivity (Wildman–Crippen MR) is 168 cm³/mol. The average Bonchev–Trinajstić information content (AvgIpc) is 2.98. The molecule has 1 aliphatic carbocycles. The Morgan fingerprint density at radius 2 is 1.63 bits per heavy atom. The van der Waals surface area contributed by atoms with Gasteiger partial charge >= 0.3 is 0 Å². The van der Waals surface area contributed by atoms with Crippen LogP contribution in [0, 0.1) is 12.7 Å². The molecule has 0 bridgehead atoms. The minimum Gasteiger partial charge on any atom is -0.352 e. The summed E-state index contributed by atoms with van der Waals surface area (Å²) in [4.78, 5) is 29.1. The largest absolute Gasteiger partial charge is 0.352 e. The van der Waals surface area contributed by atoms with Gasteiger partial charge in [0.1, 0.15) is 18.4 Å². The SMILES string of the molecule is CC[C@@H](C(=O)NC1CCCCC1)N(Cc1ccc(F)cc1)C(=O)CN(c1cc(Cl)ccc1Cl)S(=O)(=O)c1ccc(C)cc1. The van der Waals surface area contributed by atoms with Gasteiger partial charge in [-0.2, -0.15) is 0 Å². The normalized spacial score (nSPS) is 14.6. The second-order valence-electron chi connectivity index (χ2n) is 10.8. The second kappa shape index (κ2) is 14.6. The number of benzene rings is 3. The molecule has 7 nitrogen and oxygen atoms in total. The third kappa shape index (κ3) is 8.28. The van der Waals surface area contributed by atoms with Gasteiger partial charge < -0.3 is 10.2 Å². The molecule has 230 valence electrons. The van der Waals surface area contributed by atoms with Crippen LogP contribution in [0.5, 0.6) is 0 Å². The highest BCUT2D eigenvalue weighted by molar-refractivity contribution is 7.92. The molecule has 1 atom stereocenters. The number of nitrogens with zero attached hydrogens (tertiary/aromatic N) is 2. The predicted octanol–water partition coefficient (Wildman–Crippen LogP) is 6.89. The fourth-order valence-electron chi connectivity index (χ4n) is 5.28. The van der Waals surface area contributed by atoms with Crippen LogP contribution >= 0.6 is 23.2 Å². The summed E-state index contributed by atoms with van der Waals surface area (Å²) in [5.41, 5.74) is 1.49. The Morgan fingerprint density at radius 3 is 2.26 bits per heavy atom. The van der Waals surface area contributed by atoms with Crippen molar-refractivity contribution in [1.82, 2.24) is 10.2 Å². The maximum Gasteiger partial charge on any atom is 0.264 e. The van der Waals surface area contributed by atoms with E-state index >= 15 is 0 Å². The van der Waals surface area contributed by atoms with Gasteiger partial charge in [0.05, 0.1) is 15.6 Å². The van der Waals surface area contributed by atoms with Gasteiger partial charge in [-0.25, -0.2) is 12.8 Å². The van der Waals surface area contributed by atoms with Crippen molar-refractivity contribution in [3.63, 3.8) is 0 Å². The summed E-state index contributed by atoms with van der Waals surface area (Å²) in [7, 11) is -4.30. The summed E-state index contributed by atoms with van der Waals surface area (Å²) in [6.07, 6.45) is 5.18. The van der Waals surface area contributed by atoms with E-state index in [-0.39, 0.29) is 45.5 Å². The number of nitrogens with one attached hydrogen (secondary N) is 1. The topological polar surface area (TPSA) is 86.8 Å². The van der Waals surface area contributed by atoms with E-state index in [1.807, 2.05) is 6.92 Å². The molecule has 1 fully saturated rings. The first kappa shape index (κ1) is 32.8. The highest BCUT2D eigenvalue weighted by Crippen LogP contribution is 2.33. The van der Waals surface area contributed by atoms with E-state index in [2.05, 4.69) is 5.32 Å². The van der Waals surface area contributed by atoms with Crippen LogP contribution in [0.4, 0.5) is 10.1 Å². The van der Waals surface area contributed by atoms with Crippen LogP contribution in [-0.4, -0.2) is 43.8 Å². The molecule has 11 heteroatoms. The van der Waals surface area contributed by atoms with Crippen molar-refractivity contribution in [2.45, 2.75) is 75.9 Å². The lowest BCUT2D eigenvalue weighted by Gasteiger charge is -2.34. The molecule has 0 spiro atoms. The molecule has 0 radical (unpaired) electrons. The minimum atomic E-state index is -4.30. The fourth-order valence-corrected chi connectivity index (χ4v) is 7.14. The Hall–Kier alpha value is -3.14. The van der Waals surface area contributed by atoms with Crippen molar-refractivity contribution in [2.75, 3.05) is 10.8 Å². The number of aryl methyl sites for hydroxylation is 1. The number of hydrogen-bond acceptors (Lipinski definition) is 4. The fraction of sp³-hybridized carbons (Fsp3) is 0.375. The van der Waals surface area contributed by atoms with E-state index in [0.29, 0.717) is 5.56 Å². The number of amides is 2. The van der Waals surface area contributed by atoms with Crippen LogP contribution in [0.3, 0.4) is 0 Å². The van der Waals surface area contributed by atoms with Crippen LogP contribution in [0.25, 0.3) is 0 Å². The molecule has 0 aromatic heterocycles. The molecule has 0 aliphatic heterocycles. The first-order valence-corrected chi connectivity index (χ1v) is 16.6. The summed E-state index contributed by atoms with van der Waals surface area (Å²) in [6.45, 7) is 2.95. The Bertz CT molecular complexity index is 1530. The van der Waals surface area contributed by atoms with Gasteiger partial charge in [0.25, 0.3) is 10.0 Å². The zero-order chi connectivity index (χ0) is 31.1. The lowest BCUT2D eigenvalue weighted by atomic mass is 9.95. The third-order valence-electron chi connectivity index (χ3n) is 7.67. The lowest BCUT2D eigenvalue weighted by molar-refractivity contribution is -0.140. The number of sulfonamides is 1. The van der Waals surface area contributed by atoms with E-state index < -0.39 is 34.3 Å². The van der Waals surface area contributed by atoms with E-state index in [1.54, 1.807) is 19.1 Å². The van der Waals surface area contributed by atoms with Gasteiger partial charge in [-0.1, -0.05) is 79.2 Å². The molecule has 1 N–H and O–H groups in total. The average molecular weight is 649 g/mol. The molecule has 1 saturated carbocycles. The lowest BCUT2D eigenvalue weighted by Crippen LogP contribution is -2.54. The summed E-state index contributed by atoms with van der Waals surface area (Å²) in [5, 5.41) is 3.42. The van der Waals surface area contributed by atoms with E-state index in [1.165, 1.54) is 59.5 Å². The van der Waals surface area contributed by atoms with Crippen molar-refractivity contribution in [2.24, 2.45) is 0 Å². The Kier molecular flexibility index (Phi) is 11.1. The zero-order valence-corrected chi connectivity index (χ0v) is 26.6. The number of carbonyl (C=O) groups is 2. The van der Waals surface area contributed by atoms with Gasteiger partial charge in [0, 0.05) is 17.6 Å². The number of rotatable bonds is 11. The Balaban J connectivity index is 1.73.